The number of benzene rings is 2. The van der Waals surface area contributed by atoms with Gasteiger partial charge in [-0.2, -0.15) is 5.10 Å². The number of rotatable bonds is 2. The number of hydrogen-bond acceptors (Lipinski definition) is 2. The second-order valence-corrected chi connectivity index (χ2v) is 7.39. The second-order valence-electron chi connectivity index (χ2n) is 5.66. The number of halogens is 3. The minimum atomic E-state index is 0.490. The number of hydrogen-bond donors (Lipinski definition) is 0. The summed E-state index contributed by atoms with van der Waals surface area (Å²) < 4.78 is 2.85. The number of pyridine rings is 1. The Kier molecular flexibility index (Phi) is 4.28. The summed E-state index contributed by atoms with van der Waals surface area (Å²) in [5, 5.41) is 6.71. The van der Waals surface area contributed by atoms with Crippen molar-refractivity contribution in [1.29, 1.82) is 0 Å². The van der Waals surface area contributed by atoms with Gasteiger partial charge in [-0.1, -0.05) is 51.3 Å². The van der Waals surface area contributed by atoms with Crippen LogP contribution in [0.15, 0.2) is 59.2 Å². The second kappa shape index (κ2) is 6.45. The molecule has 0 unspecified atom stereocenters. The van der Waals surface area contributed by atoms with E-state index in [4.69, 9.17) is 23.2 Å². The molecule has 3 nitrogen and oxygen atoms in total. The lowest BCUT2D eigenvalue weighted by atomic mass is 10.0. The molecule has 0 spiro atoms. The van der Waals surface area contributed by atoms with Crippen molar-refractivity contribution in [2.45, 2.75) is 6.92 Å². The summed E-state index contributed by atoms with van der Waals surface area (Å²) in [7, 11) is 0. The van der Waals surface area contributed by atoms with Crippen LogP contribution in [-0.2, 0) is 0 Å². The Labute approximate surface area is 163 Å². The van der Waals surface area contributed by atoms with Gasteiger partial charge in [0, 0.05) is 10.7 Å². The van der Waals surface area contributed by atoms with Crippen LogP contribution in [0.1, 0.15) is 5.69 Å². The van der Waals surface area contributed by atoms with Crippen molar-refractivity contribution in [3.63, 3.8) is 0 Å². The maximum Gasteiger partial charge on any atom is 0.163 e. The third-order valence-electron chi connectivity index (χ3n) is 4.05. The van der Waals surface area contributed by atoms with Gasteiger partial charge in [-0.3, -0.25) is 0 Å². The summed E-state index contributed by atoms with van der Waals surface area (Å²) in [4.78, 5) is 4.55. The molecule has 0 aliphatic heterocycles. The normalized spacial score (nSPS) is 11.2. The molecule has 0 N–H and O–H groups in total. The van der Waals surface area contributed by atoms with Crippen LogP contribution in [0.3, 0.4) is 0 Å². The highest BCUT2D eigenvalue weighted by Gasteiger charge is 2.15. The van der Waals surface area contributed by atoms with Gasteiger partial charge in [0.1, 0.15) is 0 Å². The molecule has 6 heteroatoms. The van der Waals surface area contributed by atoms with E-state index in [1.807, 2.05) is 31.2 Å². The highest BCUT2D eigenvalue weighted by Crippen LogP contribution is 2.32. The average Bonchev–Trinajstić information content (AvgIpc) is 2.95. The fraction of sp³-hybridized carbons (Fsp3) is 0.0526. The van der Waals surface area contributed by atoms with Gasteiger partial charge in [0.15, 0.2) is 5.65 Å². The minimum Gasteiger partial charge on any atom is -0.236 e. The first-order chi connectivity index (χ1) is 12.0. The molecule has 0 fully saturated rings. The predicted molar refractivity (Wildman–Crippen MR) is 107 cm³/mol. The smallest absolute Gasteiger partial charge is 0.163 e. The van der Waals surface area contributed by atoms with Crippen LogP contribution in [-0.4, -0.2) is 14.8 Å². The molecule has 0 atom stereocenters. The third-order valence-corrected chi connectivity index (χ3v) is 5.31. The summed E-state index contributed by atoms with van der Waals surface area (Å²) in [5.41, 5.74) is 4.74. The molecular formula is C19H12BrCl2N3. The van der Waals surface area contributed by atoms with Crippen molar-refractivity contribution < 1.29 is 0 Å². The van der Waals surface area contributed by atoms with Gasteiger partial charge in [0.05, 0.1) is 26.8 Å². The van der Waals surface area contributed by atoms with Gasteiger partial charge in [0.25, 0.3) is 0 Å². The van der Waals surface area contributed by atoms with Crippen molar-refractivity contribution in [3.05, 3.63) is 74.9 Å². The Balaban J connectivity index is 1.96. The maximum absolute atomic E-state index is 6.17. The molecule has 0 amide bonds. The summed E-state index contributed by atoms with van der Waals surface area (Å²) in [6.45, 7) is 1.99. The Bertz CT molecular complexity index is 1090. The zero-order valence-electron chi connectivity index (χ0n) is 13.2. The first-order valence-electron chi connectivity index (χ1n) is 7.60. The maximum atomic E-state index is 6.17. The number of aryl methyl sites for hydroxylation is 1. The first-order valence-corrected chi connectivity index (χ1v) is 9.15. The molecule has 0 aliphatic rings. The highest BCUT2D eigenvalue weighted by atomic mass is 79.9. The van der Waals surface area contributed by atoms with Gasteiger partial charge in [0.2, 0.25) is 0 Å². The number of fused-ring (bicyclic) bond motifs is 1. The number of nitrogens with zero attached hydrogens (tertiary/aromatic N) is 3. The molecule has 0 saturated heterocycles. The van der Waals surface area contributed by atoms with E-state index in [1.165, 1.54) is 0 Å². The zero-order valence-corrected chi connectivity index (χ0v) is 16.3. The van der Waals surface area contributed by atoms with Crippen LogP contribution >= 0.6 is 39.1 Å². The Hall–Kier alpha value is -1.88. The SMILES string of the molecule is Cc1nn(-c2ccc(Cl)c(Cl)c2)c2nccc(-c3ccc(Br)cc3)c12. The van der Waals surface area contributed by atoms with Crippen molar-refractivity contribution in [1.82, 2.24) is 14.8 Å². The van der Waals surface area contributed by atoms with Crippen LogP contribution < -0.4 is 0 Å². The lowest BCUT2D eigenvalue weighted by molar-refractivity contribution is 0.878. The van der Waals surface area contributed by atoms with Gasteiger partial charge < -0.3 is 0 Å². The molecule has 2 aromatic heterocycles. The van der Waals surface area contributed by atoms with Crippen LogP contribution in [0.4, 0.5) is 0 Å². The monoisotopic (exact) mass is 431 g/mol. The summed E-state index contributed by atoms with van der Waals surface area (Å²) in [6.07, 6.45) is 1.80. The fourth-order valence-corrected chi connectivity index (χ4v) is 3.44. The molecule has 124 valence electrons. The van der Waals surface area contributed by atoms with Gasteiger partial charge in [-0.05, 0) is 54.4 Å². The molecule has 0 aliphatic carbocycles. The zero-order chi connectivity index (χ0) is 17.6. The third kappa shape index (κ3) is 2.95. The molecule has 2 aromatic carbocycles. The van der Waals surface area contributed by atoms with Gasteiger partial charge in [-0.25, -0.2) is 9.67 Å². The molecule has 2 heterocycles. The van der Waals surface area contributed by atoms with E-state index < -0.39 is 0 Å². The van der Waals surface area contributed by atoms with E-state index in [2.05, 4.69) is 38.1 Å². The van der Waals surface area contributed by atoms with E-state index in [0.717, 1.165) is 38.0 Å². The molecule has 4 aromatic rings. The molecule has 25 heavy (non-hydrogen) atoms. The Morgan fingerprint density at radius 2 is 1.72 bits per heavy atom. The lowest BCUT2D eigenvalue weighted by Crippen LogP contribution is -1.97. The van der Waals surface area contributed by atoms with E-state index in [9.17, 15) is 0 Å². The van der Waals surface area contributed by atoms with Crippen molar-refractivity contribution in [3.8, 4) is 16.8 Å². The molecular weight excluding hydrogens is 421 g/mol. The average molecular weight is 433 g/mol. The first kappa shape index (κ1) is 16.6. The quantitative estimate of drug-likeness (QED) is 0.363. The van der Waals surface area contributed by atoms with Crippen LogP contribution in [0.25, 0.3) is 27.8 Å². The lowest BCUT2D eigenvalue weighted by Gasteiger charge is -2.06. The number of aromatic nitrogens is 3. The van der Waals surface area contributed by atoms with E-state index in [1.54, 1.807) is 23.0 Å². The molecule has 4 rings (SSSR count). The summed E-state index contributed by atoms with van der Waals surface area (Å²) >= 11 is 15.7. The summed E-state index contributed by atoms with van der Waals surface area (Å²) in [5.74, 6) is 0. The molecule has 0 radical (unpaired) electrons. The largest absolute Gasteiger partial charge is 0.236 e. The van der Waals surface area contributed by atoms with Crippen molar-refractivity contribution in [2.24, 2.45) is 0 Å². The minimum absolute atomic E-state index is 0.490. The molecule has 0 saturated carbocycles. The highest BCUT2D eigenvalue weighted by molar-refractivity contribution is 9.10. The fourth-order valence-electron chi connectivity index (χ4n) is 2.88. The predicted octanol–water partition coefficient (Wildman–Crippen LogP) is 6.47. The topological polar surface area (TPSA) is 30.7 Å². The van der Waals surface area contributed by atoms with E-state index in [-0.39, 0.29) is 0 Å². The standard InChI is InChI=1S/C19H12BrCl2N3/c1-11-18-15(12-2-4-13(20)5-3-12)8-9-23-19(18)25(24-11)14-6-7-16(21)17(22)10-14/h2-10H,1H3. The Morgan fingerprint density at radius 1 is 0.960 bits per heavy atom. The van der Waals surface area contributed by atoms with Crippen LogP contribution in [0, 0.1) is 6.92 Å². The van der Waals surface area contributed by atoms with Gasteiger partial charge in [-0.15, -0.1) is 0 Å². The van der Waals surface area contributed by atoms with Crippen molar-refractivity contribution >= 4 is 50.2 Å². The molecule has 0 bridgehead atoms. The van der Waals surface area contributed by atoms with E-state index in [0.29, 0.717) is 10.0 Å². The van der Waals surface area contributed by atoms with Crippen LogP contribution in [0.2, 0.25) is 10.0 Å². The van der Waals surface area contributed by atoms with E-state index >= 15 is 0 Å². The van der Waals surface area contributed by atoms with Crippen LogP contribution in [0.5, 0.6) is 0 Å². The Morgan fingerprint density at radius 3 is 2.44 bits per heavy atom. The summed E-state index contributed by atoms with van der Waals surface area (Å²) in [6, 6.07) is 15.7. The van der Waals surface area contributed by atoms with Gasteiger partial charge >= 0.3 is 0 Å². The van der Waals surface area contributed by atoms with Crippen molar-refractivity contribution in [2.75, 3.05) is 0 Å².